The van der Waals surface area contributed by atoms with Crippen LogP contribution < -0.4 is 4.90 Å². The minimum Gasteiger partial charge on any atom is -0.478 e. The number of anilines is 1. The summed E-state index contributed by atoms with van der Waals surface area (Å²) in [6.45, 7) is 0.547. The van der Waals surface area contributed by atoms with Gasteiger partial charge in [0.1, 0.15) is 5.82 Å². The van der Waals surface area contributed by atoms with Crippen LogP contribution in [0.4, 0.5) is 5.69 Å². The Morgan fingerprint density at radius 3 is 2.84 bits per heavy atom. The molecule has 0 radical (unpaired) electrons. The Balaban J connectivity index is 2.31. The molecule has 1 aromatic carbocycles. The molecule has 2 aromatic rings. The van der Waals surface area contributed by atoms with E-state index >= 15 is 0 Å². The summed E-state index contributed by atoms with van der Waals surface area (Å²) in [4.78, 5) is 17.4. The molecule has 2 rings (SSSR count). The third kappa shape index (κ3) is 2.96. The fraction of sp³-hybridized carbons (Fsp3) is 0.231. The summed E-state index contributed by atoms with van der Waals surface area (Å²) in [5.41, 5.74) is 0.935. The number of carboxylic acids is 1. The highest BCUT2D eigenvalue weighted by Gasteiger charge is 2.15. The largest absolute Gasteiger partial charge is 0.478 e. The standard InChI is InChI=1S/C13H14BrN3O2/c1-16-6-5-15-12(16)8-17(2)11-4-3-9(14)7-10(11)13(18)19/h3-7H,8H2,1-2H3,(H,18,19). The van der Waals surface area contributed by atoms with Crippen LogP contribution in [0.5, 0.6) is 0 Å². The molecule has 5 nitrogen and oxygen atoms in total. The molecule has 100 valence electrons. The van der Waals surface area contributed by atoms with Gasteiger partial charge in [0, 0.05) is 31.0 Å². The number of hydrogen-bond acceptors (Lipinski definition) is 3. The minimum absolute atomic E-state index is 0.270. The number of carbonyl (C=O) groups is 1. The summed E-state index contributed by atoms with van der Waals surface area (Å²) in [6.07, 6.45) is 3.59. The van der Waals surface area contributed by atoms with Crippen molar-refractivity contribution in [2.75, 3.05) is 11.9 Å². The minimum atomic E-state index is -0.942. The fourth-order valence-corrected chi connectivity index (χ4v) is 2.22. The molecular formula is C13H14BrN3O2. The van der Waals surface area contributed by atoms with Crippen molar-refractivity contribution in [3.8, 4) is 0 Å². The van der Waals surface area contributed by atoms with Crippen LogP contribution in [-0.4, -0.2) is 27.7 Å². The molecule has 0 amide bonds. The van der Waals surface area contributed by atoms with Gasteiger partial charge >= 0.3 is 5.97 Å². The van der Waals surface area contributed by atoms with Crippen LogP contribution in [0.1, 0.15) is 16.2 Å². The van der Waals surface area contributed by atoms with E-state index in [-0.39, 0.29) is 5.56 Å². The van der Waals surface area contributed by atoms with Crippen molar-refractivity contribution in [1.29, 1.82) is 0 Å². The second-order valence-electron chi connectivity index (χ2n) is 4.28. The first-order chi connectivity index (χ1) is 8.99. The Morgan fingerprint density at radius 1 is 1.53 bits per heavy atom. The van der Waals surface area contributed by atoms with E-state index in [0.29, 0.717) is 12.2 Å². The Kier molecular flexibility index (Phi) is 3.90. The number of nitrogens with zero attached hydrogens (tertiary/aromatic N) is 3. The summed E-state index contributed by atoms with van der Waals surface area (Å²) in [7, 11) is 3.76. The summed E-state index contributed by atoms with van der Waals surface area (Å²) in [5, 5.41) is 9.25. The number of rotatable bonds is 4. The van der Waals surface area contributed by atoms with E-state index in [9.17, 15) is 9.90 Å². The second kappa shape index (κ2) is 5.44. The lowest BCUT2D eigenvalue weighted by Gasteiger charge is -2.21. The molecule has 0 saturated carbocycles. The van der Waals surface area contributed by atoms with Crippen molar-refractivity contribution in [3.05, 3.63) is 46.5 Å². The average molecular weight is 324 g/mol. The van der Waals surface area contributed by atoms with Crippen LogP contribution in [0.25, 0.3) is 0 Å². The Labute approximate surface area is 119 Å². The Hall–Kier alpha value is -1.82. The molecule has 0 aliphatic heterocycles. The van der Waals surface area contributed by atoms with Gasteiger partial charge in [0.05, 0.1) is 17.8 Å². The summed E-state index contributed by atoms with van der Waals surface area (Å²) in [6, 6.07) is 5.22. The maximum atomic E-state index is 11.3. The molecule has 0 aliphatic rings. The summed E-state index contributed by atoms with van der Waals surface area (Å²) in [5.74, 6) is -0.0650. The first-order valence-corrected chi connectivity index (χ1v) is 6.48. The number of aryl methyl sites for hydroxylation is 1. The van der Waals surface area contributed by atoms with E-state index in [1.165, 1.54) is 0 Å². The predicted octanol–water partition coefficient (Wildman–Crippen LogP) is 2.52. The van der Waals surface area contributed by atoms with Crippen LogP contribution in [0.3, 0.4) is 0 Å². The van der Waals surface area contributed by atoms with Gasteiger partial charge in [-0.1, -0.05) is 15.9 Å². The smallest absolute Gasteiger partial charge is 0.337 e. The quantitative estimate of drug-likeness (QED) is 0.939. The SMILES string of the molecule is CN(Cc1nccn1C)c1ccc(Br)cc1C(=O)O. The summed E-state index contributed by atoms with van der Waals surface area (Å²) >= 11 is 3.29. The first kappa shape index (κ1) is 13.6. The first-order valence-electron chi connectivity index (χ1n) is 5.69. The Bertz CT molecular complexity index is 610. The molecule has 0 atom stereocenters. The predicted molar refractivity (Wildman–Crippen MR) is 76.4 cm³/mol. The Morgan fingerprint density at radius 2 is 2.26 bits per heavy atom. The van der Waals surface area contributed by atoms with E-state index in [1.54, 1.807) is 18.3 Å². The molecule has 0 bridgehead atoms. The zero-order valence-electron chi connectivity index (χ0n) is 10.7. The topological polar surface area (TPSA) is 58.4 Å². The number of halogens is 1. The van der Waals surface area contributed by atoms with Crippen LogP contribution >= 0.6 is 15.9 Å². The van der Waals surface area contributed by atoms with Crippen molar-refractivity contribution < 1.29 is 9.90 Å². The molecular weight excluding hydrogens is 310 g/mol. The van der Waals surface area contributed by atoms with E-state index < -0.39 is 5.97 Å². The fourth-order valence-electron chi connectivity index (χ4n) is 1.86. The molecule has 1 N–H and O–H groups in total. The normalized spacial score (nSPS) is 10.5. The maximum Gasteiger partial charge on any atom is 0.337 e. The van der Waals surface area contributed by atoms with E-state index in [2.05, 4.69) is 20.9 Å². The molecule has 0 fully saturated rings. The average Bonchev–Trinajstić information content (AvgIpc) is 2.74. The molecule has 0 unspecified atom stereocenters. The van der Waals surface area contributed by atoms with Crippen LogP contribution in [-0.2, 0) is 13.6 Å². The molecule has 1 aromatic heterocycles. The van der Waals surface area contributed by atoms with Crippen molar-refractivity contribution >= 4 is 27.6 Å². The van der Waals surface area contributed by atoms with Gasteiger partial charge in [0.15, 0.2) is 0 Å². The number of imidazole rings is 1. The molecule has 1 heterocycles. The van der Waals surface area contributed by atoms with Crippen LogP contribution in [0.2, 0.25) is 0 Å². The summed E-state index contributed by atoms with van der Waals surface area (Å²) < 4.78 is 2.66. The third-order valence-corrected chi connectivity index (χ3v) is 3.39. The van der Waals surface area contributed by atoms with E-state index in [1.807, 2.05) is 35.8 Å². The number of benzene rings is 1. The molecule has 0 saturated heterocycles. The lowest BCUT2D eigenvalue weighted by atomic mass is 10.1. The highest BCUT2D eigenvalue weighted by Crippen LogP contribution is 2.24. The number of carboxylic acid groups (broad SMARTS) is 1. The van der Waals surface area contributed by atoms with Crippen molar-refractivity contribution in [3.63, 3.8) is 0 Å². The monoisotopic (exact) mass is 323 g/mol. The molecule has 0 aliphatic carbocycles. The third-order valence-electron chi connectivity index (χ3n) is 2.90. The van der Waals surface area contributed by atoms with Gasteiger partial charge in [-0.05, 0) is 18.2 Å². The molecule has 6 heteroatoms. The van der Waals surface area contributed by atoms with Gasteiger partial charge in [-0.2, -0.15) is 0 Å². The van der Waals surface area contributed by atoms with Gasteiger partial charge in [-0.3, -0.25) is 0 Å². The second-order valence-corrected chi connectivity index (χ2v) is 5.19. The zero-order valence-corrected chi connectivity index (χ0v) is 12.3. The van der Waals surface area contributed by atoms with Crippen LogP contribution in [0, 0.1) is 0 Å². The van der Waals surface area contributed by atoms with E-state index in [4.69, 9.17) is 0 Å². The lowest BCUT2D eigenvalue weighted by molar-refractivity contribution is 0.0697. The maximum absolute atomic E-state index is 11.3. The van der Waals surface area contributed by atoms with Gasteiger partial charge in [-0.25, -0.2) is 9.78 Å². The van der Waals surface area contributed by atoms with Gasteiger partial charge in [0.25, 0.3) is 0 Å². The van der Waals surface area contributed by atoms with Gasteiger partial charge in [0.2, 0.25) is 0 Å². The van der Waals surface area contributed by atoms with Crippen LogP contribution in [0.15, 0.2) is 35.1 Å². The number of aromatic carboxylic acids is 1. The lowest BCUT2D eigenvalue weighted by Crippen LogP contribution is -2.21. The van der Waals surface area contributed by atoms with Gasteiger partial charge < -0.3 is 14.6 Å². The zero-order chi connectivity index (χ0) is 14.0. The highest BCUT2D eigenvalue weighted by atomic mass is 79.9. The van der Waals surface area contributed by atoms with Crippen molar-refractivity contribution in [2.24, 2.45) is 7.05 Å². The molecule has 0 spiro atoms. The van der Waals surface area contributed by atoms with E-state index in [0.717, 1.165) is 10.3 Å². The highest BCUT2D eigenvalue weighted by molar-refractivity contribution is 9.10. The molecule has 19 heavy (non-hydrogen) atoms. The number of hydrogen-bond donors (Lipinski definition) is 1. The van der Waals surface area contributed by atoms with Crippen molar-refractivity contribution in [2.45, 2.75) is 6.54 Å². The van der Waals surface area contributed by atoms with Gasteiger partial charge in [-0.15, -0.1) is 0 Å². The number of aromatic nitrogens is 2. The van der Waals surface area contributed by atoms with Crippen molar-refractivity contribution in [1.82, 2.24) is 9.55 Å².